The zero-order valence-electron chi connectivity index (χ0n) is 9.60. The van der Waals surface area contributed by atoms with Gasteiger partial charge >= 0.3 is 0 Å². The first-order valence-electron chi connectivity index (χ1n) is 4.84. The second-order valence-electron chi connectivity index (χ2n) is 4.88. The van der Waals surface area contributed by atoms with Gasteiger partial charge in [-0.15, -0.1) is 12.6 Å². The van der Waals surface area contributed by atoms with Gasteiger partial charge in [0.05, 0.1) is 0 Å². The van der Waals surface area contributed by atoms with Gasteiger partial charge in [-0.05, 0) is 36.0 Å². The van der Waals surface area contributed by atoms with E-state index in [2.05, 4.69) is 47.2 Å². The standard InChI is InChI=1S/C12H17BS/c1-7-6-9(13)10(12(3,4)5)11(14)8(7)2/h6,14H,1-5H3. The van der Waals surface area contributed by atoms with Gasteiger partial charge in [0.2, 0.25) is 0 Å². The van der Waals surface area contributed by atoms with Gasteiger partial charge in [-0.2, -0.15) is 0 Å². The Bertz CT molecular complexity index is 362. The van der Waals surface area contributed by atoms with Gasteiger partial charge in [-0.25, -0.2) is 0 Å². The van der Waals surface area contributed by atoms with Crippen molar-refractivity contribution in [2.24, 2.45) is 0 Å². The third-order valence-electron chi connectivity index (χ3n) is 2.59. The highest BCUT2D eigenvalue weighted by Crippen LogP contribution is 2.29. The Labute approximate surface area is 93.9 Å². The Balaban J connectivity index is 3.53. The number of thiol groups is 1. The van der Waals surface area contributed by atoms with Gasteiger partial charge < -0.3 is 0 Å². The van der Waals surface area contributed by atoms with Crippen LogP contribution in [0.5, 0.6) is 0 Å². The molecule has 0 saturated heterocycles. The summed E-state index contributed by atoms with van der Waals surface area (Å²) in [4.78, 5) is 1.04. The number of aryl methyl sites for hydroxylation is 1. The fourth-order valence-electron chi connectivity index (χ4n) is 1.71. The molecule has 0 atom stereocenters. The highest BCUT2D eigenvalue weighted by molar-refractivity contribution is 7.80. The first-order chi connectivity index (χ1) is 6.25. The van der Waals surface area contributed by atoms with E-state index in [1.54, 1.807) is 0 Å². The van der Waals surface area contributed by atoms with Crippen molar-refractivity contribution in [2.45, 2.75) is 44.9 Å². The monoisotopic (exact) mass is 204 g/mol. The molecule has 0 aliphatic rings. The van der Waals surface area contributed by atoms with E-state index in [0.717, 1.165) is 15.9 Å². The average molecular weight is 204 g/mol. The van der Waals surface area contributed by atoms with Crippen LogP contribution in [0.1, 0.15) is 37.5 Å². The highest BCUT2D eigenvalue weighted by atomic mass is 32.1. The van der Waals surface area contributed by atoms with E-state index in [1.807, 2.05) is 6.07 Å². The van der Waals surface area contributed by atoms with E-state index in [-0.39, 0.29) is 5.41 Å². The highest BCUT2D eigenvalue weighted by Gasteiger charge is 2.20. The molecule has 0 aliphatic carbocycles. The third kappa shape index (κ3) is 2.00. The Kier molecular flexibility index (Phi) is 3.06. The van der Waals surface area contributed by atoms with Crippen molar-refractivity contribution >= 4 is 25.9 Å². The molecular weight excluding hydrogens is 187 g/mol. The van der Waals surface area contributed by atoms with Crippen LogP contribution < -0.4 is 5.46 Å². The molecule has 14 heavy (non-hydrogen) atoms. The Morgan fingerprint density at radius 2 is 1.71 bits per heavy atom. The second-order valence-corrected chi connectivity index (χ2v) is 5.33. The lowest BCUT2D eigenvalue weighted by Gasteiger charge is -2.26. The maximum Gasteiger partial charge on any atom is 0.114 e. The van der Waals surface area contributed by atoms with Gasteiger partial charge in [-0.3, -0.25) is 0 Å². The van der Waals surface area contributed by atoms with Crippen molar-refractivity contribution in [3.8, 4) is 0 Å². The molecule has 0 spiro atoms. The molecule has 0 N–H and O–H groups in total. The van der Waals surface area contributed by atoms with Crippen molar-refractivity contribution in [3.63, 3.8) is 0 Å². The summed E-state index contributed by atoms with van der Waals surface area (Å²) < 4.78 is 0. The Hall–Kier alpha value is -0.365. The summed E-state index contributed by atoms with van der Waals surface area (Å²) in [5, 5.41) is 0. The van der Waals surface area contributed by atoms with E-state index in [4.69, 9.17) is 7.85 Å². The molecular formula is C12H17BS. The quantitative estimate of drug-likeness (QED) is 0.487. The van der Waals surface area contributed by atoms with Crippen molar-refractivity contribution < 1.29 is 0 Å². The molecule has 0 fully saturated rings. The predicted octanol–water partition coefficient (Wildman–Crippen LogP) is 2.68. The van der Waals surface area contributed by atoms with Crippen LogP contribution in [-0.4, -0.2) is 7.85 Å². The smallest absolute Gasteiger partial charge is 0.114 e. The van der Waals surface area contributed by atoms with Crippen LogP contribution in [0.15, 0.2) is 11.0 Å². The van der Waals surface area contributed by atoms with E-state index >= 15 is 0 Å². The molecule has 0 amide bonds. The lowest BCUT2D eigenvalue weighted by atomic mass is 9.76. The molecule has 0 saturated carbocycles. The topological polar surface area (TPSA) is 0 Å². The maximum atomic E-state index is 6.03. The molecule has 1 aromatic carbocycles. The van der Waals surface area contributed by atoms with Gasteiger partial charge in [-0.1, -0.05) is 32.3 Å². The van der Waals surface area contributed by atoms with Crippen LogP contribution in [-0.2, 0) is 5.41 Å². The molecule has 1 rings (SSSR count). The summed E-state index contributed by atoms with van der Waals surface area (Å²) >= 11 is 4.56. The summed E-state index contributed by atoms with van der Waals surface area (Å²) in [6, 6.07) is 2.04. The maximum absolute atomic E-state index is 6.03. The molecule has 0 aromatic heterocycles. The summed E-state index contributed by atoms with van der Waals surface area (Å²) in [6.45, 7) is 10.6. The number of hydrogen-bond donors (Lipinski definition) is 1. The lowest BCUT2D eigenvalue weighted by molar-refractivity contribution is 0.581. The van der Waals surface area contributed by atoms with Crippen molar-refractivity contribution in [1.82, 2.24) is 0 Å². The summed E-state index contributed by atoms with van der Waals surface area (Å²) in [5.41, 5.74) is 4.50. The first kappa shape index (κ1) is 11.7. The van der Waals surface area contributed by atoms with Crippen LogP contribution in [0.25, 0.3) is 0 Å². The zero-order valence-corrected chi connectivity index (χ0v) is 10.5. The van der Waals surface area contributed by atoms with Crippen molar-refractivity contribution in [3.05, 3.63) is 22.8 Å². The summed E-state index contributed by atoms with van der Waals surface area (Å²) in [6.07, 6.45) is 0. The van der Waals surface area contributed by atoms with Gasteiger partial charge in [0.1, 0.15) is 7.85 Å². The van der Waals surface area contributed by atoms with Crippen LogP contribution in [0, 0.1) is 13.8 Å². The summed E-state index contributed by atoms with van der Waals surface area (Å²) in [5.74, 6) is 0. The first-order valence-corrected chi connectivity index (χ1v) is 5.29. The largest absolute Gasteiger partial charge is 0.143 e. The van der Waals surface area contributed by atoms with Crippen LogP contribution in [0.2, 0.25) is 0 Å². The summed E-state index contributed by atoms with van der Waals surface area (Å²) in [7, 11) is 6.03. The molecule has 1 aromatic rings. The molecule has 2 heteroatoms. The molecule has 2 radical (unpaired) electrons. The normalized spacial score (nSPS) is 11.9. The number of rotatable bonds is 0. The lowest BCUT2D eigenvalue weighted by Crippen LogP contribution is -2.25. The van der Waals surface area contributed by atoms with Crippen LogP contribution >= 0.6 is 12.6 Å². The zero-order chi connectivity index (χ0) is 11.1. The average Bonchev–Trinajstić information content (AvgIpc) is 1.97. The fraction of sp³-hybridized carbons (Fsp3) is 0.500. The van der Waals surface area contributed by atoms with E-state index in [9.17, 15) is 0 Å². The Morgan fingerprint density at radius 3 is 2.14 bits per heavy atom. The minimum atomic E-state index is 0.0552. The number of hydrogen-bond acceptors (Lipinski definition) is 1. The molecule has 0 aliphatic heterocycles. The molecule has 0 heterocycles. The molecule has 0 bridgehead atoms. The van der Waals surface area contributed by atoms with Crippen LogP contribution in [0.3, 0.4) is 0 Å². The van der Waals surface area contributed by atoms with E-state index < -0.39 is 0 Å². The Morgan fingerprint density at radius 1 is 1.21 bits per heavy atom. The fourth-order valence-corrected chi connectivity index (χ4v) is 2.35. The molecule has 0 unspecified atom stereocenters. The van der Waals surface area contributed by atoms with Gasteiger partial charge in [0.15, 0.2) is 0 Å². The van der Waals surface area contributed by atoms with Gasteiger partial charge in [0.25, 0.3) is 0 Å². The van der Waals surface area contributed by atoms with Crippen molar-refractivity contribution in [1.29, 1.82) is 0 Å². The van der Waals surface area contributed by atoms with E-state index in [0.29, 0.717) is 0 Å². The second kappa shape index (κ2) is 3.65. The van der Waals surface area contributed by atoms with Crippen LogP contribution in [0.4, 0.5) is 0 Å². The minimum absolute atomic E-state index is 0.0552. The van der Waals surface area contributed by atoms with E-state index in [1.165, 1.54) is 11.1 Å². The van der Waals surface area contributed by atoms with Crippen molar-refractivity contribution in [2.75, 3.05) is 0 Å². The number of benzene rings is 1. The molecule has 74 valence electrons. The SMILES string of the molecule is [B]c1cc(C)c(C)c(S)c1C(C)(C)C. The molecule has 0 nitrogen and oxygen atoms in total. The minimum Gasteiger partial charge on any atom is -0.143 e. The van der Waals surface area contributed by atoms with Gasteiger partial charge in [0, 0.05) is 4.90 Å². The predicted molar refractivity (Wildman–Crippen MR) is 67.3 cm³/mol. The third-order valence-corrected chi connectivity index (χ3v) is 3.15.